The molecule has 1 saturated heterocycles. The third-order valence-electron chi connectivity index (χ3n) is 6.84. The zero-order valence-corrected chi connectivity index (χ0v) is 21.3. The Balaban J connectivity index is 1.21. The summed E-state index contributed by atoms with van der Waals surface area (Å²) in [6.07, 6.45) is 7.05. The number of carbonyl (C=O) groups excluding carboxylic acids is 1. The van der Waals surface area contributed by atoms with Gasteiger partial charge in [0.1, 0.15) is 12.9 Å². The molecule has 1 aliphatic carbocycles. The number of amides is 1. The number of benzene rings is 2. The second-order valence-electron chi connectivity index (χ2n) is 9.80. The third-order valence-corrected chi connectivity index (χ3v) is 6.84. The smallest absolute Gasteiger partial charge is 0.251 e. The normalized spacial score (nSPS) is 17.1. The van der Waals surface area contributed by atoms with Crippen LogP contribution in [0.5, 0.6) is 0 Å². The number of ether oxygens (including phenoxy) is 3. The van der Waals surface area contributed by atoms with E-state index in [1.165, 1.54) is 0 Å². The molecule has 1 atom stereocenters. The minimum atomic E-state index is -0.0110. The van der Waals surface area contributed by atoms with Gasteiger partial charge >= 0.3 is 0 Å². The Morgan fingerprint density at radius 2 is 1.89 bits per heavy atom. The predicted molar refractivity (Wildman–Crippen MR) is 146 cm³/mol. The molecule has 8 heteroatoms. The maximum Gasteiger partial charge on any atom is 0.251 e. The van der Waals surface area contributed by atoms with Gasteiger partial charge in [0.2, 0.25) is 0 Å². The molecule has 2 aromatic heterocycles. The zero-order valence-electron chi connectivity index (χ0n) is 21.3. The minimum absolute atomic E-state index is 0.0110. The van der Waals surface area contributed by atoms with Crippen LogP contribution in [-0.2, 0) is 14.2 Å². The molecule has 1 saturated carbocycles. The van der Waals surface area contributed by atoms with Crippen molar-refractivity contribution in [3.05, 3.63) is 78.6 Å². The van der Waals surface area contributed by atoms with E-state index in [1.54, 1.807) is 0 Å². The van der Waals surface area contributed by atoms with Crippen molar-refractivity contribution in [1.82, 2.24) is 14.7 Å². The van der Waals surface area contributed by atoms with Crippen LogP contribution in [0.15, 0.2) is 73.1 Å². The molecule has 0 bridgehead atoms. The second kappa shape index (κ2) is 11.3. The highest BCUT2D eigenvalue weighted by atomic mass is 16.7. The molecule has 1 amide bonds. The van der Waals surface area contributed by atoms with E-state index in [4.69, 9.17) is 19.2 Å². The molecule has 2 aromatic carbocycles. The quantitative estimate of drug-likeness (QED) is 0.282. The van der Waals surface area contributed by atoms with Crippen molar-refractivity contribution in [3.63, 3.8) is 0 Å². The minimum Gasteiger partial charge on any atom is -0.382 e. The number of fused-ring (bicyclic) bond motifs is 1. The lowest BCUT2D eigenvalue weighted by Crippen LogP contribution is -2.25. The van der Waals surface area contributed by atoms with Crippen LogP contribution in [0.2, 0.25) is 0 Å². The average Bonchev–Trinajstić information content (AvgIpc) is 3.43. The van der Waals surface area contributed by atoms with Gasteiger partial charge in [0.15, 0.2) is 5.65 Å². The molecule has 1 aliphatic heterocycles. The first kappa shape index (κ1) is 24.6. The summed E-state index contributed by atoms with van der Waals surface area (Å²) in [4.78, 5) is 17.2. The van der Waals surface area contributed by atoms with Gasteiger partial charge < -0.3 is 24.8 Å². The number of rotatable bonds is 11. The summed E-state index contributed by atoms with van der Waals surface area (Å²) in [7, 11) is 0. The molecule has 6 rings (SSSR count). The lowest BCUT2D eigenvalue weighted by atomic mass is 10.1. The molecule has 1 unspecified atom stereocenters. The Labute approximate surface area is 221 Å². The Bertz CT molecular complexity index is 1380. The van der Waals surface area contributed by atoms with E-state index in [0.29, 0.717) is 38.2 Å². The molecular weight excluding hydrogens is 480 g/mol. The fourth-order valence-electron chi connectivity index (χ4n) is 4.59. The number of nitrogens with zero attached hydrogens (tertiary/aromatic N) is 2. The molecule has 8 nitrogen and oxygen atoms in total. The molecule has 2 aliphatic rings. The number of pyridine rings is 1. The highest BCUT2D eigenvalue weighted by Crippen LogP contribution is 2.30. The molecule has 0 radical (unpaired) electrons. The standard InChI is InChI=1S/C30H32N4O4/c35-30(33-25-11-12-25)23-9-7-22(8-10-23)28-16-32-29-27(31-13-4-14-36-18-26-19-37-20-38-26)15-24(17-34(28)29)21-5-2-1-3-6-21/h1-3,5-10,15-17,25-26,31H,4,11-14,18-20H2,(H,33,35). The second-order valence-corrected chi connectivity index (χ2v) is 9.80. The average molecular weight is 513 g/mol. The van der Waals surface area contributed by atoms with Crippen LogP contribution in [0.3, 0.4) is 0 Å². The maximum atomic E-state index is 12.4. The van der Waals surface area contributed by atoms with Crippen LogP contribution in [0.25, 0.3) is 28.0 Å². The Hall–Kier alpha value is -3.72. The number of nitrogens with one attached hydrogen (secondary N) is 2. The molecule has 196 valence electrons. The van der Waals surface area contributed by atoms with E-state index in [1.807, 2.05) is 48.7 Å². The first-order valence-corrected chi connectivity index (χ1v) is 13.2. The number of anilines is 1. The first-order chi connectivity index (χ1) is 18.7. The zero-order chi connectivity index (χ0) is 25.7. The van der Waals surface area contributed by atoms with Crippen molar-refractivity contribution in [2.45, 2.75) is 31.4 Å². The number of aromatic nitrogens is 2. The van der Waals surface area contributed by atoms with Crippen molar-refractivity contribution < 1.29 is 19.0 Å². The Morgan fingerprint density at radius 1 is 1.05 bits per heavy atom. The number of hydrogen-bond donors (Lipinski definition) is 2. The van der Waals surface area contributed by atoms with Crippen molar-refractivity contribution in [1.29, 1.82) is 0 Å². The van der Waals surface area contributed by atoms with E-state index >= 15 is 0 Å². The van der Waals surface area contributed by atoms with E-state index in [-0.39, 0.29) is 12.0 Å². The fraction of sp³-hybridized carbons (Fsp3) is 0.333. The molecule has 2 N–H and O–H groups in total. The van der Waals surface area contributed by atoms with Crippen LogP contribution < -0.4 is 10.6 Å². The SMILES string of the molecule is O=C(NC1CC1)c1ccc(-c2cnc3c(NCCCOCC4COCO4)cc(-c4ccccc4)cn23)cc1. The third kappa shape index (κ3) is 5.72. The highest BCUT2D eigenvalue weighted by Gasteiger charge is 2.24. The van der Waals surface area contributed by atoms with E-state index in [0.717, 1.165) is 59.5 Å². The lowest BCUT2D eigenvalue weighted by Gasteiger charge is -2.13. The molecule has 0 spiro atoms. The highest BCUT2D eigenvalue weighted by molar-refractivity contribution is 5.95. The van der Waals surface area contributed by atoms with Gasteiger partial charge in [-0.2, -0.15) is 0 Å². The number of carbonyl (C=O) groups is 1. The molecule has 38 heavy (non-hydrogen) atoms. The van der Waals surface area contributed by atoms with Crippen LogP contribution in [0, 0.1) is 0 Å². The van der Waals surface area contributed by atoms with E-state index in [9.17, 15) is 4.79 Å². The van der Waals surface area contributed by atoms with Gasteiger partial charge in [0.25, 0.3) is 5.91 Å². The van der Waals surface area contributed by atoms with Crippen LogP contribution in [0.1, 0.15) is 29.6 Å². The summed E-state index contributed by atoms with van der Waals surface area (Å²) in [6, 6.07) is 20.6. The Kier molecular flexibility index (Phi) is 7.35. The van der Waals surface area contributed by atoms with Gasteiger partial charge in [-0.3, -0.25) is 9.20 Å². The predicted octanol–water partition coefficient (Wildman–Crippen LogP) is 4.75. The lowest BCUT2D eigenvalue weighted by molar-refractivity contribution is 0.00522. The molecular formula is C30H32N4O4. The monoisotopic (exact) mass is 512 g/mol. The van der Waals surface area contributed by atoms with Crippen LogP contribution >= 0.6 is 0 Å². The molecule has 2 fully saturated rings. The van der Waals surface area contributed by atoms with Gasteiger partial charge in [0.05, 0.1) is 30.8 Å². The fourth-order valence-corrected chi connectivity index (χ4v) is 4.59. The van der Waals surface area contributed by atoms with Crippen LogP contribution in [0.4, 0.5) is 5.69 Å². The summed E-state index contributed by atoms with van der Waals surface area (Å²) < 4.78 is 18.5. The van der Waals surface area contributed by atoms with Gasteiger partial charge in [-0.1, -0.05) is 42.5 Å². The van der Waals surface area contributed by atoms with Crippen molar-refractivity contribution in [2.75, 3.05) is 38.5 Å². The van der Waals surface area contributed by atoms with Gasteiger partial charge in [-0.05, 0) is 43.0 Å². The largest absolute Gasteiger partial charge is 0.382 e. The number of hydrogen-bond acceptors (Lipinski definition) is 6. The summed E-state index contributed by atoms with van der Waals surface area (Å²) in [6.45, 7) is 2.90. The van der Waals surface area contributed by atoms with Gasteiger partial charge in [-0.15, -0.1) is 0 Å². The molecule has 4 aromatic rings. The van der Waals surface area contributed by atoms with Gasteiger partial charge in [-0.25, -0.2) is 4.98 Å². The van der Waals surface area contributed by atoms with Gasteiger partial charge in [0, 0.05) is 42.1 Å². The van der Waals surface area contributed by atoms with E-state index in [2.05, 4.69) is 39.4 Å². The van der Waals surface area contributed by atoms with Crippen molar-refractivity contribution >= 4 is 17.2 Å². The van der Waals surface area contributed by atoms with Crippen molar-refractivity contribution in [2.24, 2.45) is 0 Å². The van der Waals surface area contributed by atoms with Crippen molar-refractivity contribution in [3.8, 4) is 22.4 Å². The summed E-state index contributed by atoms with van der Waals surface area (Å²) in [5.74, 6) is -0.0110. The summed E-state index contributed by atoms with van der Waals surface area (Å²) in [5.41, 5.74) is 6.69. The summed E-state index contributed by atoms with van der Waals surface area (Å²) >= 11 is 0. The first-order valence-electron chi connectivity index (χ1n) is 13.2. The number of imidazole rings is 1. The Morgan fingerprint density at radius 3 is 2.66 bits per heavy atom. The maximum absolute atomic E-state index is 12.4. The summed E-state index contributed by atoms with van der Waals surface area (Å²) in [5, 5.41) is 6.61. The topological polar surface area (TPSA) is 86.1 Å². The van der Waals surface area contributed by atoms with Crippen LogP contribution in [-0.4, -0.2) is 60.6 Å². The molecule has 3 heterocycles. The van der Waals surface area contributed by atoms with E-state index < -0.39 is 0 Å².